The third-order valence-corrected chi connectivity index (χ3v) is 4.94. The molecule has 0 radical (unpaired) electrons. The molecule has 0 bridgehead atoms. The number of anilines is 2. The summed E-state index contributed by atoms with van der Waals surface area (Å²) in [7, 11) is 0. The highest BCUT2D eigenvalue weighted by Crippen LogP contribution is 2.28. The topological polar surface area (TPSA) is 79.0 Å². The van der Waals surface area contributed by atoms with Crippen LogP contribution in [0.25, 0.3) is 0 Å². The van der Waals surface area contributed by atoms with E-state index in [1.165, 1.54) is 23.1 Å². The number of halogens is 1. The highest BCUT2D eigenvalue weighted by Gasteiger charge is 2.46. The minimum absolute atomic E-state index is 0.0837. The second-order valence-electron chi connectivity index (χ2n) is 8.12. The lowest BCUT2D eigenvalue weighted by Crippen LogP contribution is -2.40. The number of amides is 4. The van der Waals surface area contributed by atoms with E-state index in [1.807, 2.05) is 20.8 Å². The van der Waals surface area contributed by atoms with Gasteiger partial charge in [0.2, 0.25) is 5.91 Å². The molecule has 0 spiro atoms. The molecule has 7 nitrogen and oxygen atoms in total. The van der Waals surface area contributed by atoms with Crippen LogP contribution < -0.4 is 15.0 Å². The van der Waals surface area contributed by atoms with Crippen molar-refractivity contribution >= 4 is 29.2 Å². The lowest BCUT2D eigenvalue weighted by Gasteiger charge is -2.23. The molecule has 0 saturated carbocycles. The predicted molar refractivity (Wildman–Crippen MR) is 120 cm³/mol. The Labute approximate surface area is 187 Å². The average molecular weight is 442 g/mol. The Hall–Kier alpha value is -3.42. The minimum atomic E-state index is -0.958. The first kappa shape index (κ1) is 23.2. The molecule has 0 aliphatic carbocycles. The van der Waals surface area contributed by atoms with Crippen molar-refractivity contribution in [2.24, 2.45) is 5.92 Å². The SMILES string of the molecule is CCCOc1ccc(NC(=O)CC2C(=O)N(c3cccc(F)c3)C(=O)N2CC(C)C)cc1. The zero-order valence-electron chi connectivity index (χ0n) is 18.5. The molecule has 1 saturated heterocycles. The maximum Gasteiger partial charge on any atom is 0.332 e. The molecule has 1 fully saturated rings. The molecule has 1 aliphatic rings. The number of nitrogens with one attached hydrogen (secondary N) is 1. The summed E-state index contributed by atoms with van der Waals surface area (Å²) in [5.41, 5.74) is 0.715. The van der Waals surface area contributed by atoms with Crippen LogP contribution in [0.5, 0.6) is 5.75 Å². The molecular formula is C24H28FN3O4. The summed E-state index contributed by atoms with van der Waals surface area (Å²) >= 11 is 0. The number of hydrogen-bond acceptors (Lipinski definition) is 4. The van der Waals surface area contributed by atoms with Gasteiger partial charge in [0.1, 0.15) is 17.6 Å². The number of benzene rings is 2. The van der Waals surface area contributed by atoms with Crippen LogP contribution in [-0.4, -0.2) is 41.9 Å². The van der Waals surface area contributed by atoms with Gasteiger partial charge in [0.15, 0.2) is 0 Å². The Morgan fingerprint density at radius 2 is 1.88 bits per heavy atom. The van der Waals surface area contributed by atoms with E-state index in [-0.39, 0.29) is 18.0 Å². The van der Waals surface area contributed by atoms with Gasteiger partial charge in [0, 0.05) is 12.2 Å². The molecule has 1 heterocycles. The first-order valence-electron chi connectivity index (χ1n) is 10.7. The van der Waals surface area contributed by atoms with Gasteiger partial charge in [-0.25, -0.2) is 14.1 Å². The van der Waals surface area contributed by atoms with Gasteiger partial charge >= 0.3 is 6.03 Å². The van der Waals surface area contributed by atoms with Gasteiger partial charge in [-0.1, -0.05) is 26.8 Å². The Kier molecular flexibility index (Phi) is 7.45. The van der Waals surface area contributed by atoms with Crippen molar-refractivity contribution in [3.05, 3.63) is 54.3 Å². The van der Waals surface area contributed by atoms with E-state index in [0.29, 0.717) is 24.6 Å². The molecule has 8 heteroatoms. The molecule has 2 aromatic carbocycles. The van der Waals surface area contributed by atoms with Crippen molar-refractivity contribution in [1.82, 2.24) is 4.90 Å². The van der Waals surface area contributed by atoms with Crippen LogP contribution in [-0.2, 0) is 9.59 Å². The van der Waals surface area contributed by atoms with Crippen LogP contribution in [0.15, 0.2) is 48.5 Å². The van der Waals surface area contributed by atoms with Gasteiger partial charge in [-0.3, -0.25) is 9.59 Å². The molecule has 1 aliphatic heterocycles. The smallest absolute Gasteiger partial charge is 0.332 e. The van der Waals surface area contributed by atoms with Gasteiger partial charge in [0.25, 0.3) is 5.91 Å². The minimum Gasteiger partial charge on any atom is -0.494 e. The van der Waals surface area contributed by atoms with Gasteiger partial charge in [-0.15, -0.1) is 0 Å². The lowest BCUT2D eigenvalue weighted by atomic mass is 10.1. The largest absolute Gasteiger partial charge is 0.494 e. The molecule has 1 N–H and O–H groups in total. The fraction of sp³-hybridized carbons (Fsp3) is 0.375. The van der Waals surface area contributed by atoms with E-state index in [9.17, 15) is 18.8 Å². The Morgan fingerprint density at radius 1 is 1.16 bits per heavy atom. The maximum absolute atomic E-state index is 13.7. The summed E-state index contributed by atoms with van der Waals surface area (Å²) in [6.45, 7) is 6.76. The van der Waals surface area contributed by atoms with Crippen molar-refractivity contribution in [2.45, 2.75) is 39.7 Å². The second-order valence-corrected chi connectivity index (χ2v) is 8.12. The van der Waals surface area contributed by atoms with Gasteiger partial charge < -0.3 is 15.0 Å². The molecule has 3 rings (SSSR count). The number of urea groups is 1. The molecular weight excluding hydrogens is 413 g/mol. The summed E-state index contributed by atoms with van der Waals surface area (Å²) in [5, 5.41) is 2.76. The second kappa shape index (κ2) is 10.3. The number of rotatable bonds is 9. The summed E-state index contributed by atoms with van der Waals surface area (Å²) in [6, 6.07) is 10.7. The first-order valence-corrected chi connectivity index (χ1v) is 10.7. The van der Waals surface area contributed by atoms with E-state index in [0.717, 1.165) is 17.4 Å². The Balaban J connectivity index is 1.74. The zero-order chi connectivity index (χ0) is 23.3. The standard InChI is InChI=1S/C24H28FN3O4/c1-4-12-32-20-10-8-18(9-11-20)26-22(29)14-21-23(30)28(19-7-5-6-17(25)13-19)24(31)27(21)15-16(2)3/h5-11,13,16,21H,4,12,14-15H2,1-3H3,(H,26,29). The molecule has 2 aromatic rings. The molecule has 1 atom stereocenters. The number of imide groups is 1. The van der Waals surface area contributed by atoms with Crippen molar-refractivity contribution in [3.8, 4) is 5.75 Å². The highest BCUT2D eigenvalue weighted by atomic mass is 19.1. The third kappa shape index (κ3) is 5.43. The van der Waals surface area contributed by atoms with E-state index in [4.69, 9.17) is 4.74 Å². The molecule has 1 unspecified atom stereocenters. The highest BCUT2D eigenvalue weighted by molar-refractivity contribution is 6.22. The fourth-order valence-corrected chi connectivity index (χ4v) is 3.53. The lowest BCUT2D eigenvalue weighted by molar-refractivity contribution is -0.124. The summed E-state index contributed by atoms with van der Waals surface area (Å²) in [6.07, 6.45) is 0.698. The van der Waals surface area contributed by atoms with Gasteiger partial charge in [-0.2, -0.15) is 0 Å². The number of hydrogen-bond donors (Lipinski definition) is 1. The van der Waals surface area contributed by atoms with Crippen molar-refractivity contribution in [2.75, 3.05) is 23.4 Å². The molecule has 170 valence electrons. The van der Waals surface area contributed by atoms with E-state index >= 15 is 0 Å². The zero-order valence-corrected chi connectivity index (χ0v) is 18.5. The van der Waals surface area contributed by atoms with Crippen molar-refractivity contribution in [1.29, 1.82) is 0 Å². The van der Waals surface area contributed by atoms with Gasteiger partial charge in [-0.05, 0) is 54.8 Å². The monoisotopic (exact) mass is 441 g/mol. The fourth-order valence-electron chi connectivity index (χ4n) is 3.53. The van der Waals surface area contributed by atoms with Crippen LogP contribution in [0.3, 0.4) is 0 Å². The first-order chi connectivity index (χ1) is 15.3. The number of ether oxygens (including phenoxy) is 1. The van der Waals surface area contributed by atoms with Crippen LogP contribution >= 0.6 is 0 Å². The van der Waals surface area contributed by atoms with Crippen molar-refractivity contribution < 1.29 is 23.5 Å². The van der Waals surface area contributed by atoms with E-state index in [2.05, 4.69) is 5.32 Å². The summed E-state index contributed by atoms with van der Waals surface area (Å²) in [4.78, 5) is 41.1. The summed E-state index contributed by atoms with van der Waals surface area (Å²) < 4.78 is 19.2. The number of carbonyl (C=O) groups excluding carboxylic acids is 3. The number of nitrogens with zero attached hydrogens (tertiary/aromatic N) is 2. The van der Waals surface area contributed by atoms with Crippen molar-refractivity contribution in [3.63, 3.8) is 0 Å². The normalized spacial score (nSPS) is 16.1. The maximum atomic E-state index is 13.7. The summed E-state index contributed by atoms with van der Waals surface area (Å²) in [5.74, 6) is -0.699. The number of carbonyl (C=O) groups is 3. The molecule has 0 aromatic heterocycles. The van der Waals surface area contributed by atoms with Crippen LogP contribution in [0, 0.1) is 11.7 Å². The van der Waals surface area contributed by atoms with Crippen LogP contribution in [0.2, 0.25) is 0 Å². The third-order valence-electron chi connectivity index (χ3n) is 4.94. The van der Waals surface area contributed by atoms with E-state index < -0.39 is 29.7 Å². The molecule has 32 heavy (non-hydrogen) atoms. The van der Waals surface area contributed by atoms with Crippen LogP contribution in [0.1, 0.15) is 33.6 Å². The average Bonchev–Trinajstić information content (AvgIpc) is 2.96. The van der Waals surface area contributed by atoms with Crippen LogP contribution in [0.4, 0.5) is 20.6 Å². The Bertz CT molecular complexity index is 977. The van der Waals surface area contributed by atoms with E-state index in [1.54, 1.807) is 24.3 Å². The Morgan fingerprint density at radius 3 is 2.50 bits per heavy atom. The predicted octanol–water partition coefficient (Wildman–Crippen LogP) is 4.44. The van der Waals surface area contributed by atoms with Gasteiger partial charge in [0.05, 0.1) is 18.7 Å². The quantitative estimate of drug-likeness (QED) is 0.584. The molecule has 4 amide bonds.